The van der Waals surface area contributed by atoms with Crippen molar-refractivity contribution in [1.29, 1.82) is 0 Å². The number of esters is 1. The molecule has 6 heteroatoms. The van der Waals surface area contributed by atoms with Crippen LogP contribution in [-0.4, -0.2) is 48.4 Å². The minimum Gasteiger partial charge on any atom is -0.491 e. The zero-order chi connectivity index (χ0) is 19.9. The van der Waals surface area contributed by atoms with Crippen LogP contribution in [0.4, 0.5) is 4.39 Å². The number of hydrogen-bond acceptors (Lipinski definition) is 5. The smallest absolute Gasteiger partial charge is 0.338 e. The molecule has 1 heterocycles. The van der Waals surface area contributed by atoms with Crippen LogP contribution < -0.4 is 4.74 Å². The van der Waals surface area contributed by atoms with Crippen molar-refractivity contribution in [2.24, 2.45) is 0 Å². The van der Waals surface area contributed by atoms with Crippen molar-refractivity contribution < 1.29 is 23.8 Å². The first-order chi connectivity index (χ1) is 13.6. The largest absolute Gasteiger partial charge is 0.491 e. The zero-order valence-corrected chi connectivity index (χ0v) is 16.0. The summed E-state index contributed by atoms with van der Waals surface area (Å²) in [6.45, 7) is 3.55. The number of nitrogens with zero attached hydrogens (tertiary/aromatic N) is 1. The monoisotopic (exact) mass is 387 g/mol. The first-order valence-corrected chi connectivity index (χ1v) is 9.64. The van der Waals surface area contributed by atoms with Crippen LogP contribution in [0.5, 0.6) is 5.75 Å². The van der Waals surface area contributed by atoms with Gasteiger partial charge in [0.1, 0.15) is 24.3 Å². The lowest BCUT2D eigenvalue weighted by atomic mass is 10.0. The Kier molecular flexibility index (Phi) is 7.01. The molecule has 0 radical (unpaired) electrons. The molecule has 1 fully saturated rings. The molecule has 0 spiro atoms. The Hall–Kier alpha value is -2.44. The summed E-state index contributed by atoms with van der Waals surface area (Å²) in [5.74, 6) is -0.124. The maximum Gasteiger partial charge on any atom is 0.338 e. The van der Waals surface area contributed by atoms with Crippen LogP contribution in [0.3, 0.4) is 0 Å². The molecule has 0 aromatic heterocycles. The molecule has 3 rings (SSSR count). The van der Waals surface area contributed by atoms with Gasteiger partial charge in [-0.3, -0.25) is 4.90 Å². The molecular weight excluding hydrogens is 361 g/mol. The molecule has 0 saturated carbocycles. The molecule has 0 bridgehead atoms. The Bertz CT molecular complexity index is 780. The highest BCUT2D eigenvalue weighted by atomic mass is 19.1. The van der Waals surface area contributed by atoms with Gasteiger partial charge >= 0.3 is 5.97 Å². The maximum absolute atomic E-state index is 13.2. The van der Waals surface area contributed by atoms with Crippen molar-refractivity contribution in [3.63, 3.8) is 0 Å². The van der Waals surface area contributed by atoms with E-state index in [1.807, 2.05) is 12.1 Å². The van der Waals surface area contributed by atoms with Crippen molar-refractivity contribution in [2.45, 2.75) is 31.9 Å². The molecule has 1 N–H and O–H groups in total. The van der Waals surface area contributed by atoms with Crippen molar-refractivity contribution in [1.82, 2.24) is 4.90 Å². The Morgan fingerprint density at radius 2 is 2.07 bits per heavy atom. The van der Waals surface area contributed by atoms with Gasteiger partial charge in [0, 0.05) is 12.6 Å². The van der Waals surface area contributed by atoms with E-state index in [0.29, 0.717) is 24.5 Å². The van der Waals surface area contributed by atoms with E-state index < -0.39 is 12.1 Å². The summed E-state index contributed by atoms with van der Waals surface area (Å²) in [7, 11) is 0. The van der Waals surface area contributed by atoms with Crippen LogP contribution >= 0.6 is 0 Å². The highest BCUT2D eigenvalue weighted by Gasteiger charge is 2.27. The van der Waals surface area contributed by atoms with Gasteiger partial charge in [-0.2, -0.15) is 0 Å². The predicted octanol–water partition coefficient (Wildman–Crippen LogP) is 3.58. The second-order valence-electron chi connectivity index (χ2n) is 6.92. The van der Waals surface area contributed by atoms with Crippen molar-refractivity contribution in [3.8, 4) is 5.75 Å². The summed E-state index contributed by atoms with van der Waals surface area (Å²) in [5, 5.41) is 10.4. The molecule has 0 amide bonds. The highest BCUT2D eigenvalue weighted by Crippen LogP contribution is 2.32. The van der Waals surface area contributed by atoms with Crippen molar-refractivity contribution >= 4 is 5.97 Å². The SMILES string of the molecule is CCOC(=O)c1cccc(OCC(O)CN2CCCC2c2ccc(F)cc2)c1. The summed E-state index contributed by atoms with van der Waals surface area (Å²) in [6.07, 6.45) is 1.35. The number of hydrogen-bond donors (Lipinski definition) is 1. The molecule has 5 nitrogen and oxygen atoms in total. The summed E-state index contributed by atoms with van der Waals surface area (Å²) in [4.78, 5) is 14.0. The van der Waals surface area contributed by atoms with Gasteiger partial charge in [0.2, 0.25) is 0 Å². The molecule has 150 valence electrons. The Labute approximate surface area is 164 Å². The highest BCUT2D eigenvalue weighted by molar-refractivity contribution is 5.89. The van der Waals surface area contributed by atoms with Gasteiger partial charge < -0.3 is 14.6 Å². The Morgan fingerprint density at radius 3 is 2.82 bits per heavy atom. The number of β-amino-alcohol motifs (C(OH)–C–C–N with tert-alkyl or cyclic N) is 1. The molecular formula is C22H26FNO4. The lowest BCUT2D eigenvalue weighted by Gasteiger charge is -2.27. The summed E-state index contributed by atoms with van der Waals surface area (Å²) in [5.41, 5.74) is 1.49. The van der Waals surface area contributed by atoms with Crippen LogP contribution in [0.15, 0.2) is 48.5 Å². The average molecular weight is 387 g/mol. The quantitative estimate of drug-likeness (QED) is 0.702. The summed E-state index contributed by atoms with van der Waals surface area (Å²) in [6, 6.07) is 13.5. The second-order valence-corrected chi connectivity index (χ2v) is 6.92. The Morgan fingerprint density at radius 1 is 1.29 bits per heavy atom. The molecule has 28 heavy (non-hydrogen) atoms. The number of aliphatic hydroxyl groups is 1. The van der Waals surface area contributed by atoms with Gasteiger partial charge in [-0.15, -0.1) is 0 Å². The van der Waals surface area contributed by atoms with Gasteiger partial charge in [0.05, 0.1) is 12.2 Å². The average Bonchev–Trinajstić information content (AvgIpc) is 3.15. The van der Waals surface area contributed by atoms with E-state index in [-0.39, 0.29) is 18.5 Å². The van der Waals surface area contributed by atoms with Crippen LogP contribution in [0.1, 0.15) is 41.7 Å². The van der Waals surface area contributed by atoms with E-state index in [9.17, 15) is 14.3 Å². The number of rotatable bonds is 8. The van der Waals surface area contributed by atoms with Gasteiger partial charge in [0.15, 0.2) is 0 Å². The van der Waals surface area contributed by atoms with Gasteiger partial charge in [-0.1, -0.05) is 18.2 Å². The molecule has 2 unspecified atom stereocenters. The van der Waals surface area contributed by atoms with E-state index in [1.165, 1.54) is 12.1 Å². The zero-order valence-electron chi connectivity index (χ0n) is 16.0. The summed E-state index contributed by atoms with van der Waals surface area (Å²) < 4.78 is 23.8. The molecule has 2 aromatic rings. The molecule has 2 atom stereocenters. The molecule has 0 aliphatic carbocycles. The predicted molar refractivity (Wildman–Crippen MR) is 104 cm³/mol. The van der Waals surface area contributed by atoms with Crippen LogP contribution in [-0.2, 0) is 4.74 Å². The molecule has 1 saturated heterocycles. The minimum atomic E-state index is -0.674. The molecule has 1 aliphatic heterocycles. The number of ether oxygens (including phenoxy) is 2. The minimum absolute atomic E-state index is 0.124. The normalized spacial score (nSPS) is 18.0. The lowest BCUT2D eigenvalue weighted by molar-refractivity contribution is 0.0524. The third-order valence-electron chi connectivity index (χ3n) is 4.85. The third kappa shape index (κ3) is 5.30. The third-order valence-corrected chi connectivity index (χ3v) is 4.85. The fourth-order valence-electron chi connectivity index (χ4n) is 3.55. The fraction of sp³-hybridized carbons (Fsp3) is 0.409. The van der Waals surface area contributed by atoms with E-state index in [4.69, 9.17) is 9.47 Å². The summed E-state index contributed by atoms with van der Waals surface area (Å²) >= 11 is 0. The van der Waals surface area contributed by atoms with Crippen molar-refractivity contribution in [3.05, 3.63) is 65.5 Å². The lowest BCUT2D eigenvalue weighted by Crippen LogP contribution is -2.35. The number of carbonyl (C=O) groups is 1. The maximum atomic E-state index is 13.2. The second kappa shape index (κ2) is 9.66. The number of halogens is 1. The first kappa shape index (κ1) is 20.3. The van der Waals surface area contributed by atoms with E-state index in [1.54, 1.807) is 31.2 Å². The van der Waals surface area contributed by atoms with Gasteiger partial charge in [-0.25, -0.2) is 9.18 Å². The van der Waals surface area contributed by atoms with Gasteiger partial charge in [-0.05, 0) is 62.2 Å². The first-order valence-electron chi connectivity index (χ1n) is 9.64. The molecule has 1 aliphatic rings. The van der Waals surface area contributed by atoms with Crippen LogP contribution in [0, 0.1) is 5.82 Å². The van der Waals surface area contributed by atoms with Crippen LogP contribution in [0.25, 0.3) is 0 Å². The van der Waals surface area contributed by atoms with Crippen LogP contribution in [0.2, 0.25) is 0 Å². The standard InChI is InChI=1S/C22H26FNO4/c1-2-27-22(26)17-5-3-6-20(13-17)28-15-19(25)14-24-12-4-7-21(24)16-8-10-18(23)11-9-16/h3,5-6,8-11,13,19,21,25H,2,4,7,12,14-15H2,1H3. The number of aliphatic hydroxyl groups excluding tert-OH is 1. The number of carbonyl (C=O) groups excluding carboxylic acids is 1. The van der Waals surface area contributed by atoms with Crippen molar-refractivity contribution in [2.75, 3.05) is 26.3 Å². The van der Waals surface area contributed by atoms with E-state index in [2.05, 4.69) is 4.90 Å². The number of likely N-dealkylation sites (tertiary alicyclic amines) is 1. The van der Waals surface area contributed by atoms with E-state index in [0.717, 1.165) is 24.9 Å². The molecule has 2 aromatic carbocycles. The Balaban J connectivity index is 1.54. The van der Waals surface area contributed by atoms with Gasteiger partial charge in [0.25, 0.3) is 0 Å². The fourth-order valence-corrected chi connectivity index (χ4v) is 3.55. The topological polar surface area (TPSA) is 59.0 Å². The van der Waals surface area contributed by atoms with E-state index >= 15 is 0 Å². The number of benzene rings is 2.